The number of hydrogen-bond acceptors (Lipinski definition) is 7. The van der Waals surface area contributed by atoms with Crippen molar-refractivity contribution in [3.63, 3.8) is 0 Å². The van der Waals surface area contributed by atoms with Crippen molar-refractivity contribution in [1.29, 1.82) is 0 Å². The largest absolute Gasteiger partial charge is 0.495 e. The van der Waals surface area contributed by atoms with Crippen LogP contribution in [0.5, 0.6) is 17.2 Å². The van der Waals surface area contributed by atoms with E-state index in [1.54, 1.807) is 18.2 Å². The SMILES string of the molecule is C=CCn1c(SCC(=O)Nc2cc(OC)c(Cl)cc2OC)nnc1-c1ccc(OC2CCCC2)cc1. The number of anilines is 1. The van der Waals surface area contributed by atoms with E-state index in [0.29, 0.717) is 45.8 Å². The Labute approximate surface area is 220 Å². The molecule has 1 fully saturated rings. The summed E-state index contributed by atoms with van der Waals surface area (Å²) in [6.45, 7) is 4.36. The Morgan fingerprint density at radius 2 is 1.89 bits per heavy atom. The number of carbonyl (C=O) groups excluding carboxylic acids is 1. The molecule has 0 saturated heterocycles. The lowest BCUT2D eigenvalue weighted by Crippen LogP contribution is -2.15. The number of nitrogens with one attached hydrogen (secondary N) is 1. The van der Waals surface area contributed by atoms with Gasteiger partial charge in [-0.2, -0.15) is 0 Å². The van der Waals surface area contributed by atoms with Crippen LogP contribution in [0.4, 0.5) is 5.69 Å². The predicted molar refractivity (Wildman–Crippen MR) is 142 cm³/mol. The lowest BCUT2D eigenvalue weighted by molar-refractivity contribution is -0.113. The molecule has 1 aliphatic carbocycles. The molecule has 190 valence electrons. The number of halogens is 1. The molecule has 1 amide bonds. The lowest BCUT2D eigenvalue weighted by atomic mass is 10.2. The average molecular weight is 529 g/mol. The highest BCUT2D eigenvalue weighted by atomic mass is 35.5. The van der Waals surface area contributed by atoms with E-state index in [0.717, 1.165) is 24.2 Å². The van der Waals surface area contributed by atoms with Crippen LogP contribution in [0.25, 0.3) is 11.4 Å². The van der Waals surface area contributed by atoms with E-state index in [4.69, 9.17) is 25.8 Å². The van der Waals surface area contributed by atoms with Crippen molar-refractivity contribution in [2.24, 2.45) is 0 Å². The topological polar surface area (TPSA) is 87.5 Å². The molecule has 0 aliphatic heterocycles. The number of benzene rings is 2. The minimum Gasteiger partial charge on any atom is -0.495 e. The number of rotatable bonds is 11. The van der Waals surface area contributed by atoms with E-state index in [9.17, 15) is 4.79 Å². The van der Waals surface area contributed by atoms with Crippen LogP contribution in [-0.4, -0.2) is 46.7 Å². The molecule has 1 N–H and O–H groups in total. The first kappa shape index (κ1) is 25.9. The maximum Gasteiger partial charge on any atom is 0.234 e. The fraction of sp³-hybridized carbons (Fsp3) is 0.346. The molecule has 8 nitrogen and oxygen atoms in total. The highest BCUT2D eigenvalue weighted by Crippen LogP contribution is 2.36. The number of allylic oxidation sites excluding steroid dienone is 1. The second kappa shape index (κ2) is 12.2. The molecular formula is C26H29ClN4O4S. The summed E-state index contributed by atoms with van der Waals surface area (Å²) in [6, 6.07) is 11.1. The van der Waals surface area contributed by atoms with Crippen LogP contribution >= 0.6 is 23.4 Å². The minimum absolute atomic E-state index is 0.123. The molecule has 2 aromatic carbocycles. The van der Waals surface area contributed by atoms with E-state index in [1.165, 1.54) is 38.8 Å². The summed E-state index contributed by atoms with van der Waals surface area (Å²) in [5, 5.41) is 12.6. The van der Waals surface area contributed by atoms with Crippen molar-refractivity contribution in [2.75, 3.05) is 25.3 Å². The summed E-state index contributed by atoms with van der Waals surface area (Å²) in [4.78, 5) is 12.7. The lowest BCUT2D eigenvalue weighted by Gasteiger charge is -2.14. The standard InChI is InChI=1S/C26H29ClN4O4S/c1-4-13-31-25(17-9-11-19(12-10-17)35-18-7-5-6-8-18)29-30-26(31)36-16-24(32)28-21-15-22(33-2)20(27)14-23(21)34-3/h4,9-12,14-15,18H,1,5-8,13,16H2,2-3H3,(H,28,32). The van der Waals surface area contributed by atoms with Gasteiger partial charge in [0.1, 0.15) is 17.2 Å². The Kier molecular flexibility index (Phi) is 8.77. The summed E-state index contributed by atoms with van der Waals surface area (Å²) in [7, 11) is 3.02. The monoisotopic (exact) mass is 528 g/mol. The second-order valence-corrected chi connectivity index (χ2v) is 9.63. The highest BCUT2D eigenvalue weighted by Gasteiger charge is 2.19. The van der Waals surface area contributed by atoms with Crippen LogP contribution in [0.15, 0.2) is 54.2 Å². The summed E-state index contributed by atoms with van der Waals surface area (Å²) >= 11 is 7.44. The zero-order valence-electron chi connectivity index (χ0n) is 20.3. The molecule has 0 unspecified atom stereocenters. The number of thioether (sulfide) groups is 1. The van der Waals surface area contributed by atoms with E-state index in [-0.39, 0.29) is 11.7 Å². The van der Waals surface area contributed by atoms with Crippen molar-refractivity contribution in [3.8, 4) is 28.6 Å². The number of amides is 1. The van der Waals surface area contributed by atoms with Crippen LogP contribution < -0.4 is 19.5 Å². The third-order valence-electron chi connectivity index (χ3n) is 5.83. The van der Waals surface area contributed by atoms with Gasteiger partial charge in [-0.3, -0.25) is 9.36 Å². The van der Waals surface area contributed by atoms with Crippen molar-refractivity contribution in [3.05, 3.63) is 54.1 Å². The van der Waals surface area contributed by atoms with Crippen LogP contribution in [0.3, 0.4) is 0 Å². The van der Waals surface area contributed by atoms with Gasteiger partial charge in [0, 0.05) is 24.2 Å². The highest BCUT2D eigenvalue weighted by molar-refractivity contribution is 7.99. The summed E-state index contributed by atoms with van der Waals surface area (Å²) in [6.07, 6.45) is 6.77. The predicted octanol–water partition coefficient (Wildman–Crippen LogP) is 5.85. The Bertz CT molecular complexity index is 1210. The van der Waals surface area contributed by atoms with Crippen LogP contribution in [0, 0.1) is 0 Å². The summed E-state index contributed by atoms with van der Waals surface area (Å²) < 4.78 is 18.6. The summed E-state index contributed by atoms with van der Waals surface area (Å²) in [5.74, 6) is 2.34. The van der Waals surface area contributed by atoms with E-state index in [1.807, 2.05) is 28.8 Å². The molecule has 1 aromatic heterocycles. The number of carbonyl (C=O) groups is 1. The molecule has 3 aromatic rings. The number of methoxy groups -OCH3 is 2. The first-order chi connectivity index (χ1) is 17.5. The molecule has 10 heteroatoms. The third-order valence-corrected chi connectivity index (χ3v) is 7.09. The minimum atomic E-state index is -0.231. The molecular weight excluding hydrogens is 500 g/mol. The molecule has 1 saturated carbocycles. The quantitative estimate of drug-likeness (QED) is 0.246. The number of aromatic nitrogens is 3. The Hall–Kier alpha value is -3.17. The number of ether oxygens (including phenoxy) is 3. The second-order valence-electron chi connectivity index (χ2n) is 8.28. The maximum absolute atomic E-state index is 12.7. The molecule has 0 spiro atoms. The first-order valence-corrected chi connectivity index (χ1v) is 13.0. The van der Waals surface area contributed by atoms with Crippen LogP contribution in [0.2, 0.25) is 5.02 Å². The molecule has 1 heterocycles. The Morgan fingerprint density at radius 1 is 1.17 bits per heavy atom. The van der Waals surface area contributed by atoms with Gasteiger partial charge in [-0.1, -0.05) is 29.4 Å². The summed E-state index contributed by atoms with van der Waals surface area (Å²) in [5.41, 5.74) is 1.38. The van der Waals surface area contributed by atoms with Gasteiger partial charge in [-0.15, -0.1) is 16.8 Å². The molecule has 4 rings (SSSR count). The normalized spacial score (nSPS) is 13.4. The Balaban J connectivity index is 1.44. The van der Waals surface area contributed by atoms with Crippen LogP contribution in [-0.2, 0) is 11.3 Å². The van der Waals surface area contributed by atoms with Gasteiger partial charge in [-0.05, 0) is 49.9 Å². The number of hydrogen-bond donors (Lipinski definition) is 1. The first-order valence-electron chi connectivity index (χ1n) is 11.7. The van der Waals surface area contributed by atoms with Gasteiger partial charge in [0.05, 0.1) is 36.8 Å². The van der Waals surface area contributed by atoms with Gasteiger partial charge in [-0.25, -0.2) is 0 Å². The zero-order valence-corrected chi connectivity index (χ0v) is 21.9. The molecule has 36 heavy (non-hydrogen) atoms. The van der Waals surface area contributed by atoms with E-state index < -0.39 is 0 Å². The van der Waals surface area contributed by atoms with Crippen molar-refractivity contribution in [2.45, 2.75) is 43.5 Å². The van der Waals surface area contributed by atoms with Crippen LogP contribution in [0.1, 0.15) is 25.7 Å². The van der Waals surface area contributed by atoms with Gasteiger partial charge >= 0.3 is 0 Å². The van der Waals surface area contributed by atoms with Gasteiger partial charge in [0.15, 0.2) is 11.0 Å². The zero-order chi connectivity index (χ0) is 25.5. The molecule has 0 radical (unpaired) electrons. The van der Waals surface area contributed by atoms with Gasteiger partial charge < -0.3 is 19.5 Å². The van der Waals surface area contributed by atoms with E-state index >= 15 is 0 Å². The van der Waals surface area contributed by atoms with Gasteiger partial charge in [0.25, 0.3) is 0 Å². The van der Waals surface area contributed by atoms with E-state index in [2.05, 4.69) is 22.1 Å². The van der Waals surface area contributed by atoms with Crippen molar-refractivity contribution >= 4 is 35.0 Å². The number of nitrogens with zero attached hydrogens (tertiary/aromatic N) is 3. The molecule has 0 atom stereocenters. The van der Waals surface area contributed by atoms with Crippen molar-refractivity contribution in [1.82, 2.24) is 14.8 Å². The van der Waals surface area contributed by atoms with Crippen molar-refractivity contribution < 1.29 is 19.0 Å². The fourth-order valence-electron chi connectivity index (χ4n) is 4.06. The average Bonchev–Trinajstić information content (AvgIpc) is 3.54. The van der Waals surface area contributed by atoms with Gasteiger partial charge in [0.2, 0.25) is 5.91 Å². The maximum atomic E-state index is 12.7. The molecule has 1 aliphatic rings. The Morgan fingerprint density at radius 3 is 2.56 bits per heavy atom. The fourth-order valence-corrected chi connectivity index (χ4v) is 5.04. The smallest absolute Gasteiger partial charge is 0.234 e. The third kappa shape index (κ3) is 6.14. The molecule has 0 bridgehead atoms.